The number of rotatable bonds is 2. The molecule has 0 spiro atoms. The molecule has 0 unspecified atom stereocenters. The molecule has 5 nitrogen and oxygen atoms in total. The third-order valence-corrected chi connectivity index (χ3v) is 3.16. The summed E-state index contributed by atoms with van der Waals surface area (Å²) in [4.78, 5) is 8.38. The lowest BCUT2D eigenvalue weighted by molar-refractivity contribution is 0.432. The first kappa shape index (κ1) is 12.9. The molecule has 3 rings (SSSR count). The van der Waals surface area contributed by atoms with Crippen LogP contribution < -0.4 is 5.73 Å². The van der Waals surface area contributed by atoms with Crippen LogP contribution in [-0.2, 0) is 0 Å². The van der Waals surface area contributed by atoms with E-state index in [1.807, 2.05) is 0 Å². The second-order valence-corrected chi connectivity index (χ2v) is 4.87. The summed E-state index contributed by atoms with van der Waals surface area (Å²) in [6.07, 6.45) is 1.51. The summed E-state index contributed by atoms with van der Waals surface area (Å²) in [6.45, 7) is 0. The largest absolute Gasteiger partial charge is 0.399 e. The van der Waals surface area contributed by atoms with E-state index >= 15 is 0 Å². The average Bonchev–Trinajstić information content (AvgIpc) is 2.92. The Kier molecular flexibility index (Phi) is 3.30. The quantitative estimate of drug-likeness (QED) is 0.731. The summed E-state index contributed by atoms with van der Waals surface area (Å²) in [5, 5.41) is 4.90. The monoisotopic (exact) mass is 306 g/mol. The van der Waals surface area contributed by atoms with E-state index in [2.05, 4.69) is 15.1 Å². The van der Waals surface area contributed by atoms with Crippen molar-refractivity contribution >= 4 is 28.9 Å². The lowest BCUT2D eigenvalue weighted by atomic mass is 10.2. The van der Waals surface area contributed by atoms with Crippen molar-refractivity contribution in [2.75, 3.05) is 5.73 Å². The number of nitrogen functional groups attached to an aromatic ring is 1. The van der Waals surface area contributed by atoms with Crippen LogP contribution in [0, 0.1) is 0 Å². The molecule has 0 atom stereocenters. The molecule has 2 heterocycles. The van der Waals surface area contributed by atoms with Gasteiger partial charge in [0.05, 0.1) is 15.6 Å². The standard InChI is InChI=1S/C13H8Cl2N4O/c14-7-1-4-11(17-6-7)12-18-13(20-19-12)9-5-8(16)2-3-10(9)15/h1-6H,16H2. The smallest absolute Gasteiger partial charge is 0.259 e. The molecular weight excluding hydrogens is 299 g/mol. The third kappa shape index (κ3) is 2.45. The molecule has 0 saturated carbocycles. The van der Waals surface area contributed by atoms with Crippen LogP contribution in [0.25, 0.3) is 23.0 Å². The zero-order chi connectivity index (χ0) is 14.1. The van der Waals surface area contributed by atoms with Gasteiger partial charge in [0, 0.05) is 11.9 Å². The predicted molar refractivity (Wildman–Crippen MR) is 77.4 cm³/mol. The first-order chi connectivity index (χ1) is 9.63. The zero-order valence-corrected chi connectivity index (χ0v) is 11.6. The molecule has 0 bridgehead atoms. The van der Waals surface area contributed by atoms with Crippen LogP contribution in [0.5, 0.6) is 0 Å². The third-order valence-electron chi connectivity index (χ3n) is 2.60. The van der Waals surface area contributed by atoms with Crippen LogP contribution in [0.15, 0.2) is 41.1 Å². The van der Waals surface area contributed by atoms with Crippen LogP contribution in [0.1, 0.15) is 0 Å². The minimum absolute atomic E-state index is 0.286. The van der Waals surface area contributed by atoms with Crippen molar-refractivity contribution < 1.29 is 4.52 Å². The lowest BCUT2D eigenvalue weighted by Gasteiger charge is -1.99. The average molecular weight is 307 g/mol. The van der Waals surface area contributed by atoms with Crippen LogP contribution in [-0.4, -0.2) is 15.1 Å². The molecule has 0 aliphatic heterocycles. The second kappa shape index (κ2) is 5.11. The number of nitrogens with zero attached hydrogens (tertiary/aromatic N) is 3. The first-order valence-electron chi connectivity index (χ1n) is 5.64. The molecule has 3 aromatic rings. The van der Waals surface area contributed by atoms with Crippen molar-refractivity contribution in [1.82, 2.24) is 15.1 Å². The predicted octanol–water partition coefficient (Wildman–Crippen LogP) is 3.69. The molecule has 2 aromatic heterocycles. The second-order valence-electron chi connectivity index (χ2n) is 4.02. The first-order valence-corrected chi connectivity index (χ1v) is 6.40. The maximum atomic E-state index is 6.09. The summed E-state index contributed by atoms with van der Waals surface area (Å²) in [5.74, 6) is 0.643. The fourth-order valence-electron chi connectivity index (χ4n) is 1.65. The van der Waals surface area contributed by atoms with Crippen molar-refractivity contribution in [3.05, 3.63) is 46.6 Å². The summed E-state index contributed by atoms with van der Waals surface area (Å²) >= 11 is 11.9. The normalized spacial score (nSPS) is 10.7. The molecule has 20 heavy (non-hydrogen) atoms. The van der Waals surface area contributed by atoms with Gasteiger partial charge < -0.3 is 10.3 Å². The molecule has 0 fully saturated rings. The van der Waals surface area contributed by atoms with Gasteiger partial charge in [-0.25, -0.2) is 0 Å². The van der Waals surface area contributed by atoms with E-state index in [1.165, 1.54) is 6.20 Å². The summed E-state index contributed by atoms with van der Waals surface area (Å²) in [6, 6.07) is 8.46. The molecule has 1 aromatic carbocycles. The number of hydrogen-bond donors (Lipinski definition) is 1. The fraction of sp³-hybridized carbons (Fsp3) is 0. The van der Waals surface area contributed by atoms with Gasteiger partial charge in [-0.2, -0.15) is 4.98 Å². The van der Waals surface area contributed by atoms with E-state index in [0.717, 1.165) is 0 Å². The highest BCUT2D eigenvalue weighted by Crippen LogP contribution is 2.29. The maximum absolute atomic E-state index is 6.09. The molecular formula is C13H8Cl2N4O. The van der Waals surface area contributed by atoms with Gasteiger partial charge in [0.1, 0.15) is 5.69 Å². The molecule has 2 N–H and O–H groups in total. The van der Waals surface area contributed by atoms with Gasteiger partial charge in [0.25, 0.3) is 5.89 Å². The molecule has 0 aliphatic rings. The van der Waals surface area contributed by atoms with Gasteiger partial charge in [-0.05, 0) is 30.3 Å². The highest BCUT2D eigenvalue weighted by molar-refractivity contribution is 6.33. The van der Waals surface area contributed by atoms with Crippen molar-refractivity contribution in [3.63, 3.8) is 0 Å². The highest BCUT2D eigenvalue weighted by Gasteiger charge is 2.14. The number of halogens is 2. The lowest BCUT2D eigenvalue weighted by Crippen LogP contribution is -1.88. The van der Waals surface area contributed by atoms with Gasteiger partial charge in [-0.15, -0.1) is 0 Å². The number of pyridine rings is 1. The Bertz CT molecular complexity index is 755. The topological polar surface area (TPSA) is 77.8 Å². The fourth-order valence-corrected chi connectivity index (χ4v) is 1.96. The van der Waals surface area contributed by atoms with E-state index < -0.39 is 0 Å². The number of aromatic nitrogens is 3. The summed E-state index contributed by atoms with van der Waals surface area (Å²) < 4.78 is 5.20. The molecule has 100 valence electrons. The summed E-state index contributed by atoms with van der Waals surface area (Å²) in [7, 11) is 0. The minimum atomic E-state index is 0.286. The van der Waals surface area contributed by atoms with Crippen molar-refractivity contribution in [2.45, 2.75) is 0 Å². The van der Waals surface area contributed by atoms with Crippen molar-refractivity contribution in [3.8, 4) is 23.0 Å². The van der Waals surface area contributed by atoms with Crippen LogP contribution in [0.2, 0.25) is 10.0 Å². The molecule has 0 radical (unpaired) electrons. The Morgan fingerprint density at radius 2 is 1.95 bits per heavy atom. The Hall–Kier alpha value is -2.11. The number of hydrogen-bond acceptors (Lipinski definition) is 5. The van der Waals surface area contributed by atoms with Gasteiger partial charge in [-0.1, -0.05) is 28.4 Å². The van der Waals surface area contributed by atoms with Gasteiger partial charge in [0.2, 0.25) is 5.82 Å². The molecule has 0 amide bonds. The number of nitrogens with two attached hydrogens (primary N) is 1. The number of anilines is 1. The van der Waals surface area contributed by atoms with Crippen LogP contribution in [0.4, 0.5) is 5.69 Å². The van der Waals surface area contributed by atoms with E-state index in [9.17, 15) is 0 Å². The van der Waals surface area contributed by atoms with E-state index in [0.29, 0.717) is 32.8 Å². The van der Waals surface area contributed by atoms with Crippen LogP contribution in [0.3, 0.4) is 0 Å². The SMILES string of the molecule is Nc1ccc(Cl)c(-c2nc(-c3ccc(Cl)cn3)no2)c1. The minimum Gasteiger partial charge on any atom is -0.399 e. The van der Waals surface area contributed by atoms with Gasteiger partial charge in [0.15, 0.2) is 0 Å². The van der Waals surface area contributed by atoms with Crippen LogP contribution >= 0.6 is 23.2 Å². The van der Waals surface area contributed by atoms with E-state index in [-0.39, 0.29) is 5.89 Å². The van der Waals surface area contributed by atoms with E-state index in [4.69, 9.17) is 33.5 Å². The Morgan fingerprint density at radius 1 is 1.10 bits per heavy atom. The Morgan fingerprint density at radius 3 is 2.70 bits per heavy atom. The number of benzene rings is 1. The molecule has 0 saturated heterocycles. The molecule has 7 heteroatoms. The van der Waals surface area contributed by atoms with Gasteiger partial charge in [-0.3, -0.25) is 4.98 Å². The van der Waals surface area contributed by atoms with Crippen molar-refractivity contribution in [1.29, 1.82) is 0 Å². The molecule has 0 aliphatic carbocycles. The highest BCUT2D eigenvalue weighted by atomic mass is 35.5. The zero-order valence-electron chi connectivity index (χ0n) is 10.0. The van der Waals surface area contributed by atoms with E-state index in [1.54, 1.807) is 30.3 Å². The summed E-state index contributed by atoms with van der Waals surface area (Å²) in [5.41, 5.74) is 7.43. The maximum Gasteiger partial charge on any atom is 0.259 e. The Labute approximate surface area is 124 Å². The van der Waals surface area contributed by atoms with Gasteiger partial charge >= 0.3 is 0 Å². The van der Waals surface area contributed by atoms with Crippen molar-refractivity contribution in [2.24, 2.45) is 0 Å². The Balaban J connectivity index is 2.01.